The Kier molecular flexibility index (Phi) is 7.62. The minimum atomic E-state index is -0.302. The van der Waals surface area contributed by atoms with Crippen LogP contribution in [0, 0.1) is 5.92 Å². The van der Waals surface area contributed by atoms with Gasteiger partial charge in [-0.05, 0) is 73.5 Å². The SMILES string of the molecule is COc1ccc(NC(=O)c2ccc(NC(=O)[C@@H]3CCCN(C(=O)Nc4ccccc4)C3)cc2)cc1. The highest BCUT2D eigenvalue weighted by molar-refractivity contribution is 6.04. The van der Waals surface area contributed by atoms with Gasteiger partial charge in [0.15, 0.2) is 0 Å². The number of urea groups is 1. The summed E-state index contributed by atoms with van der Waals surface area (Å²) in [6, 6.07) is 22.8. The van der Waals surface area contributed by atoms with Crippen LogP contribution in [0.15, 0.2) is 78.9 Å². The first-order chi connectivity index (χ1) is 17.0. The van der Waals surface area contributed by atoms with E-state index in [2.05, 4.69) is 16.0 Å². The van der Waals surface area contributed by atoms with Gasteiger partial charge in [-0.1, -0.05) is 18.2 Å². The quantitative estimate of drug-likeness (QED) is 0.478. The topological polar surface area (TPSA) is 99.8 Å². The van der Waals surface area contributed by atoms with Crippen molar-refractivity contribution in [1.82, 2.24) is 4.90 Å². The average molecular weight is 473 g/mol. The Bertz CT molecular complexity index is 1160. The zero-order valence-corrected chi connectivity index (χ0v) is 19.5. The first kappa shape index (κ1) is 23.8. The molecule has 1 heterocycles. The van der Waals surface area contributed by atoms with Crippen LogP contribution in [0.5, 0.6) is 5.75 Å². The van der Waals surface area contributed by atoms with Gasteiger partial charge in [0, 0.05) is 35.7 Å². The van der Waals surface area contributed by atoms with Gasteiger partial charge in [0.2, 0.25) is 5.91 Å². The predicted molar refractivity (Wildman–Crippen MR) is 136 cm³/mol. The van der Waals surface area contributed by atoms with Crippen LogP contribution in [-0.2, 0) is 4.79 Å². The van der Waals surface area contributed by atoms with E-state index in [1.165, 1.54) is 0 Å². The number of rotatable bonds is 6. The predicted octanol–water partition coefficient (Wildman–Crippen LogP) is 4.83. The number of hydrogen-bond donors (Lipinski definition) is 3. The summed E-state index contributed by atoms with van der Waals surface area (Å²) in [4.78, 5) is 39.6. The van der Waals surface area contributed by atoms with Gasteiger partial charge in [-0.2, -0.15) is 0 Å². The maximum absolute atomic E-state index is 12.8. The molecule has 3 aromatic rings. The number of carbonyl (C=O) groups is 3. The molecule has 0 saturated carbocycles. The van der Waals surface area contributed by atoms with Gasteiger partial charge in [0.25, 0.3) is 5.91 Å². The standard InChI is InChI=1S/C27H28N4O4/c1-35-24-15-13-23(14-16-24)28-25(32)19-9-11-22(12-10-19)29-26(33)20-6-5-17-31(18-20)27(34)30-21-7-3-2-4-8-21/h2-4,7-16,20H,5-6,17-18H2,1H3,(H,28,32)(H,29,33)(H,30,34)/t20-/m1/s1. The molecular weight excluding hydrogens is 444 g/mol. The van der Waals surface area contributed by atoms with Crippen molar-refractivity contribution in [3.8, 4) is 5.75 Å². The minimum Gasteiger partial charge on any atom is -0.497 e. The van der Waals surface area contributed by atoms with E-state index in [1.807, 2.05) is 30.3 Å². The Hall–Kier alpha value is -4.33. The second kappa shape index (κ2) is 11.2. The van der Waals surface area contributed by atoms with Crippen molar-refractivity contribution in [2.45, 2.75) is 12.8 Å². The van der Waals surface area contributed by atoms with Gasteiger partial charge in [-0.3, -0.25) is 9.59 Å². The molecule has 1 aliphatic rings. The summed E-state index contributed by atoms with van der Waals surface area (Å²) in [6.07, 6.45) is 1.47. The molecule has 8 nitrogen and oxygen atoms in total. The first-order valence-electron chi connectivity index (χ1n) is 11.5. The van der Waals surface area contributed by atoms with Crippen molar-refractivity contribution in [2.75, 3.05) is 36.1 Å². The lowest BCUT2D eigenvalue weighted by Crippen LogP contribution is -2.45. The smallest absolute Gasteiger partial charge is 0.321 e. The van der Waals surface area contributed by atoms with Crippen molar-refractivity contribution in [3.63, 3.8) is 0 Å². The number of benzene rings is 3. The second-order valence-corrected chi connectivity index (χ2v) is 8.33. The summed E-state index contributed by atoms with van der Waals surface area (Å²) in [6.45, 7) is 0.966. The molecule has 1 saturated heterocycles. The van der Waals surface area contributed by atoms with Crippen LogP contribution < -0.4 is 20.7 Å². The molecule has 4 amide bonds. The molecule has 0 spiro atoms. The number of hydrogen-bond acceptors (Lipinski definition) is 4. The number of piperidine rings is 1. The van der Waals surface area contributed by atoms with Crippen molar-refractivity contribution in [1.29, 1.82) is 0 Å². The van der Waals surface area contributed by atoms with Crippen LogP contribution in [0.2, 0.25) is 0 Å². The molecule has 1 fully saturated rings. The fourth-order valence-corrected chi connectivity index (χ4v) is 3.93. The van der Waals surface area contributed by atoms with Crippen LogP contribution >= 0.6 is 0 Å². The van der Waals surface area contributed by atoms with Gasteiger partial charge in [0.1, 0.15) is 5.75 Å². The highest BCUT2D eigenvalue weighted by Crippen LogP contribution is 2.21. The number of nitrogens with one attached hydrogen (secondary N) is 3. The van der Waals surface area contributed by atoms with E-state index in [1.54, 1.807) is 60.5 Å². The summed E-state index contributed by atoms with van der Waals surface area (Å²) in [5, 5.41) is 8.61. The Balaban J connectivity index is 1.30. The van der Waals surface area contributed by atoms with Crippen LogP contribution in [0.1, 0.15) is 23.2 Å². The Morgan fingerprint density at radius 3 is 2.11 bits per heavy atom. The van der Waals surface area contributed by atoms with Gasteiger partial charge < -0.3 is 25.6 Å². The maximum Gasteiger partial charge on any atom is 0.321 e. The molecule has 8 heteroatoms. The van der Waals surface area contributed by atoms with E-state index < -0.39 is 0 Å². The number of nitrogens with zero attached hydrogens (tertiary/aromatic N) is 1. The zero-order chi connectivity index (χ0) is 24.6. The molecule has 1 atom stereocenters. The number of anilines is 3. The Morgan fingerprint density at radius 1 is 0.800 bits per heavy atom. The summed E-state index contributed by atoms with van der Waals surface area (Å²) in [7, 11) is 1.58. The fourth-order valence-electron chi connectivity index (χ4n) is 3.93. The van der Waals surface area contributed by atoms with Crippen molar-refractivity contribution in [3.05, 3.63) is 84.4 Å². The molecule has 0 aromatic heterocycles. The van der Waals surface area contributed by atoms with E-state index in [0.29, 0.717) is 42.2 Å². The van der Waals surface area contributed by atoms with E-state index in [0.717, 1.165) is 12.1 Å². The third kappa shape index (κ3) is 6.38. The lowest BCUT2D eigenvalue weighted by atomic mass is 9.97. The monoisotopic (exact) mass is 472 g/mol. The number of amides is 4. The van der Waals surface area contributed by atoms with Gasteiger partial charge in [0.05, 0.1) is 13.0 Å². The number of likely N-dealkylation sites (tertiary alicyclic amines) is 1. The number of methoxy groups -OCH3 is 1. The number of para-hydroxylation sites is 1. The summed E-state index contributed by atoms with van der Waals surface area (Å²) in [5.41, 5.74) is 2.45. The Morgan fingerprint density at radius 2 is 1.43 bits per heavy atom. The zero-order valence-electron chi connectivity index (χ0n) is 19.5. The highest BCUT2D eigenvalue weighted by atomic mass is 16.5. The molecule has 0 radical (unpaired) electrons. The molecule has 0 unspecified atom stereocenters. The number of carbonyl (C=O) groups excluding carboxylic acids is 3. The molecular formula is C27H28N4O4. The molecule has 0 bridgehead atoms. The van der Waals surface area contributed by atoms with E-state index in [-0.39, 0.29) is 23.8 Å². The average Bonchev–Trinajstić information content (AvgIpc) is 2.90. The molecule has 35 heavy (non-hydrogen) atoms. The minimum absolute atomic E-state index is 0.141. The van der Waals surface area contributed by atoms with Crippen molar-refractivity contribution < 1.29 is 19.1 Å². The molecule has 3 N–H and O–H groups in total. The molecule has 1 aliphatic heterocycles. The summed E-state index contributed by atoms with van der Waals surface area (Å²) < 4.78 is 5.12. The molecule has 0 aliphatic carbocycles. The van der Waals surface area contributed by atoms with E-state index in [9.17, 15) is 14.4 Å². The fraction of sp³-hybridized carbons (Fsp3) is 0.222. The van der Waals surface area contributed by atoms with Crippen molar-refractivity contribution >= 4 is 34.9 Å². The third-order valence-electron chi connectivity index (χ3n) is 5.87. The van der Waals surface area contributed by atoms with Crippen LogP contribution in [0.3, 0.4) is 0 Å². The normalized spacial score (nSPS) is 15.1. The summed E-state index contributed by atoms with van der Waals surface area (Å²) in [5.74, 6) is 0.0161. The van der Waals surface area contributed by atoms with Crippen LogP contribution in [0.25, 0.3) is 0 Å². The van der Waals surface area contributed by atoms with Crippen LogP contribution in [-0.4, -0.2) is 42.9 Å². The summed E-state index contributed by atoms with van der Waals surface area (Å²) >= 11 is 0. The first-order valence-corrected chi connectivity index (χ1v) is 11.5. The maximum atomic E-state index is 12.8. The van der Waals surface area contributed by atoms with Crippen LogP contribution in [0.4, 0.5) is 21.9 Å². The third-order valence-corrected chi connectivity index (χ3v) is 5.87. The lowest BCUT2D eigenvalue weighted by molar-refractivity contribution is -0.121. The molecule has 3 aromatic carbocycles. The second-order valence-electron chi connectivity index (χ2n) is 8.33. The highest BCUT2D eigenvalue weighted by Gasteiger charge is 2.28. The Labute approximate surface area is 204 Å². The van der Waals surface area contributed by atoms with Gasteiger partial charge in [-0.25, -0.2) is 4.79 Å². The lowest BCUT2D eigenvalue weighted by Gasteiger charge is -2.32. The molecule has 4 rings (SSSR count). The van der Waals surface area contributed by atoms with E-state index >= 15 is 0 Å². The largest absolute Gasteiger partial charge is 0.497 e. The van der Waals surface area contributed by atoms with Crippen molar-refractivity contribution in [2.24, 2.45) is 5.92 Å². The van der Waals surface area contributed by atoms with E-state index in [4.69, 9.17) is 4.74 Å². The number of ether oxygens (including phenoxy) is 1. The van der Waals surface area contributed by atoms with Gasteiger partial charge in [-0.15, -0.1) is 0 Å². The molecule has 180 valence electrons. The van der Waals surface area contributed by atoms with Gasteiger partial charge >= 0.3 is 6.03 Å².